The van der Waals surface area contributed by atoms with Gasteiger partial charge in [0.25, 0.3) is 0 Å². The fourth-order valence-electron chi connectivity index (χ4n) is 8.29. The van der Waals surface area contributed by atoms with Crippen molar-refractivity contribution in [1.29, 1.82) is 0 Å². The van der Waals surface area contributed by atoms with Crippen molar-refractivity contribution < 1.29 is 4.42 Å². The minimum atomic E-state index is -0.0318. The predicted octanol–water partition coefficient (Wildman–Crippen LogP) is 10.5. The van der Waals surface area contributed by atoms with Crippen molar-refractivity contribution in [3.8, 4) is 22.8 Å². The SMILES string of the molecule is C1=CC2C3=C(C=C(C4=CCCC=C4)CC3)N(c3ccc4oc5c(c4c3)C=CC(c3nc(-c4ccccc4)nc(-c4ccccc4)n3)C5)C2C=C1. The Bertz CT molecular complexity index is 2310. The number of hydrogen-bond acceptors (Lipinski definition) is 5. The van der Waals surface area contributed by atoms with Crippen molar-refractivity contribution in [3.05, 3.63) is 173 Å². The first kappa shape index (κ1) is 29.1. The van der Waals surface area contributed by atoms with Crippen LogP contribution in [0.15, 0.2) is 160 Å². The van der Waals surface area contributed by atoms with Gasteiger partial charge >= 0.3 is 0 Å². The highest BCUT2D eigenvalue weighted by molar-refractivity contribution is 5.92. The first-order valence-electron chi connectivity index (χ1n) is 17.8. The summed E-state index contributed by atoms with van der Waals surface area (Å²) in [7, 11) is 0. The van der Waals surface area contributed by atoms with Gasteiger partial charge in [-0.25, -0.2) is 15.0 Å². The molecule has 3 heterocycles. The molecule has 1 aliphatic heterocycles. The molecule has 4 aliphatic carbocycles. The first-order chi connectivity index (χ1) is 24.8. The topological polar surface area (TPSA) is 55.1 Å². The molecule has 0 N–H and O–H groups in total. The molecule has 0 saturated heterocycles. The van der Waals surface area contributed by atoms with Crippen LogP contribution in [0.3, 0.4) is 0 Å². The molecule has 242 valence electrons. The van der Waals surface area contributed by atoms with Crippen LogP contribution in [0.1, 0.15) is 48.7 Å². The van der Waals surface area contributed by atoms with Gasteiger partial charge < -0.3 is 9.32 Å². The molecule has 0 amide bonds. The molecule has 3 aromatic carbocycles. The zero-order valence-corrected chi connectivity index (χ0v) is 27.7. The van der Waals surface area contributed by atoms with E-state index in [4.69, 9.17) is 19.4 Å². The van der Waals surface area contributed by atoms with Crippen molar-refractivity contribution in [2.24, 2.45) is 5.92 Å². The third kappa shape index (κ3) is 4.96. The van der Waals surface area contributed by atoms with Crippen molar-refractivity contribution in [2.75, 3.05) is 4.90 Å². The Morgan fingerprint density at radius 1 is 0.740 bits per heavy atom. The lowest BCUT2D eigenvalue weighted by molar-refractivity contribution is 0.527. The highest BCUT2D eigenvalue weighted by Crippen LogP contribution is 2.48. The Morgan fingerprint density at radius 2 is 1.52 bits per heavy atom. The lowest BCUT2D eigenvalue weighted by Gasteiger charge is -2.30. The van der Waals surface area contributed by atoms with Crippen LogP contribution in [0.5, 0.6) is 0 Å². The molecule has 5 aromatic rings. The molecule has 10 rings (SSSR count). The van der Waals surface area contributed by atoms with Gasteiger partial charge in [0.2, 0.25) is 0 Å². The standard InChI is InChI=1S/C45H36N4O/c1-4-12-29(13-5-1)32-20-23-36-35-18-10-11-19-39(35)49(40(36)26-32)34-22-25-41-38(28-34)37-24-21-33(27-42(37)50-41)45-47-43(30-14-6-2-7-15-30)46-44(48-45)31-16-8-3-9-17-31/h2-4,6-19,21-22,24-26,28,33,35,39H,1,5,20,23,27H2. The van der Waals surface area contributed by atoms with Crippen molar-refractivity contribution in [1.82, 2.24) is 15.0 Å². The van der Waals surface area contributed by atoms with Crippen molar-refractivity contribution in [3.63, 3.8) is 0 Å². The maximum absolute atomic E-state index is 6.59. The number of aromatic nitrogens is 3. The fourth-order valence-corrected chi connectivity index (χ4v) is 8.29. The summed E-state index contributed by atoms with van der Waals surface area (Å²) < 4.78 is 6.59. The Morgan fingerprint density at radius 3 is 2.28 bits per heavy atom. The molecule has 0 spiro atoms. The maximum atomic E-state index is 6.59. The van der Waals surface area contributed by atoms with E-state index in [1.165, 1.54) is 22.5 Å². The summed E-state index contributed by atoms with van der Waals surface area (Å²) in [5.41, 5.74) is 11.0. The van der Waals surface area contributed by atoms with E-state index in [2.05, 4.69) is 108 Å². The summed E-state index contributed by atoms with van der Waals surface area (Å²) in [5, 5.41) is 1.15. The third-order valence-corrected chi connectivity index (χ3v) is 10.7. The van der Waals surface area contributed by atoms with E-state index >= 15 is 0 Å². The zero-order chi connectivity index (χ0) is 33.0. The van der Waals surface area contributed by atoms with Crippen molar-refractivity contribution in [2.45, 2.75) is 44.1 Å². The zero-order valence-electron chi connectivity index (χ0n) is 27.7. The quantitative estimate of drug-likeness (QED) is 0.190. The average Bonchev–Trinajstić information content (AvgIpc) is 3.73. The van der Waals surface area contributed by atoms with Crippen LogP contribution in [-0.4, -0.2) is 21.0 Å². The summed E-state index contributed by atoms with van der Waals surface area (Å²) in [6.07, 6.45) is 28.3. The van der Waals surface area contributed by atoms with E-state index < -0.39 is 0 Å². The molecule has 3 atom stereocenters. The fraction of sp³-hybridized carbons (Fsp3) is 0.178. The van der Waals surface area contributed by atoms with Crippen LogP contribution in [0, 0.1) is 5.92 Å². The van der Waals surface area contributed by atoms with Crippen LogP contribution < -0.4 is 4.90 Å². The number of benzene rings is 3. The molecule has 0 fully saturated rings. The second-order valence-electron chi connectivity index (χ2n) is 13.7. The summed E-state index contributed by atoms with van der Waals surface area (Å²) in [6, 6.07) is 27.3. The van der Waals surface area contributed by atoms with E-state index in [-0.39, 0.29) is 12.0 Å². The van der Waals surface area contributed by atoms with Crippen LogP contribution in [-0.2, 0) is 6.42 Å². The van der Waals surface area contributed by atoms with Gasteiger partial charge in [-0.2, -0.15) is 0 Å². The molecule has 2 aromatic heterocycles. The lowest BCUT2D eigenvalue weighted by atomic mass is 9.83. The van der Waals surface area contributed by atoms with Gasteiger partial charge in [-0.05, 0) is 66.7 Å². The Hall–Kier alpha value is -5.81. The number of nitrogens with zero attached hydrogens (tertiary/aromatic N) is 4. The highest BCUT2D eigenvalue weighted by Gasteiger charge is 2.40. The molecule has 5 aliphatic rings. The molecule has 5 heteroatoms. The van der Waals surface area contributed by atoms with E-state index in [0.717, 1.165) is 64.9 Å². The second-order valence-corrected chi connectivity index (χ2v) is 13.7. The van der Waals surface area contributed by atoms with Gasteiger partial charge in [-0.15, -0.1) is 0 Å². The lowest BCUT2D eigenvalue weighted by Crippen LogP contribution is -2.32. The molecule has 50 heavy (non-hydrogen) atoms. The Balaban J connectivity index is 1.02. The van der Waals surface area contributed by atoms with E-state index in [9.17, 15) is 0 Å². The highest BCUT2D eigenvalue weighted by atomic mass is 16.3. The minimum Gasteiger partial charge on any atom is -0.460 e. The molecular weight excluding hydrogens is 613 g/mol. The van der Waals surface area contributed by atoms with Crippen LogP contribution in [0.25, 0.3) is 39.8 Å². The number of hydrogen-bond donors (Lipinski definition) is 0. The van der Waals surface area contributed by atoms with Crippen LogP contribution >= 0.6 is 0 Å². The normalized spacial score (nSPS) is 22.0. The molecule has 0 radical (unpaired) electrons. The third-order valence-electron chi connectivity index (χ3n) is 10.7. The van der Waals surface area contributed by atoms with Gasteiger partial charge in [0.05, 0.1) is 6.04 Å². The Kier molecular flexibility index (Phi) is 6.97. The number of rotatable bonds is 5. The number of furan rings is 1. The maximum Gasteiger partial charge on any atom is 0.163 e. The van der Waals surface area contributed by atoms with Gasteiger partial charge in [-0.3, -0.25) is 0 Å². The van der Waals surface area contributed by atoms with Crippen molar-refractivity contribution >= 4 is 22.7 Å². The number of fused-ring (bicyclic) bond motifs is 5. The van der Waals surface area contributed by atoms with E-state index in [0.29, 0.717) is 24.0 Å². The van der Waals surface area contributed by atoms with E-state index in [1.807, 2.05) is 36.4 Å². The monoisotopic (exact) mass is 648 g/mol. The molecule has 5 nitrogen and oxygen atoms in total. The van der Waals surface area contributed by atoms with Gasteiger partial charge in [0.1, 0.15) is 17.2 Å². The number of allylic oxidation sites excluding steroid dienone is 9. The molecule has 0 bridgehead atoms. The van der Waals surface area contributed by atoms with E-state index in [1.54, 1.807) is 5.57 Å². The summed E-state index contributed by atoms with van der Waals surface area (Å²) in [5.74, 6) is 3.47. The molecule has 0 saturated carbocycles. The molecule has 3 unspecified atom stereocenters. The molecular formula is C45H36N4O. The first-order valence-corrected chi connectivity index (χ1v) is 17.8. The smallest absolute Gasteiger partial charge is 0.163 e. The largest absolute Gasteiger partial charge is 0.460 e. The minimum absolute atomic E-state index is 0.0318. The average molecular weight is 649 g/mol. The second kappa shape index (κ2) is 12.0. The van der Waals surface area contributed by atoms with Crippen LogP contribution in [0.2, 0.25) is 0 Å². The Labute approximate surface area is 292 Å². The number of anilines is 1. The predicted molar refractivity (Wildman–Crippen MR) is 201 cm³/mol. The summed E-state index contributed by atoms with van der Waals surface area (Å²) >= 11 is 0. The van der Waals surface area contributed by atoms with Gasteiger partial charge in [-0.1, -0.05) is 115 Å². The summed E-state index contributed by atoms with van der Waals surface area (Å²) in [6.45, 7) is 0. The van der Waals surface area contributed by atoms with Gasteiger partial charge in [0, 0.05) is 51.7 Å². The summed E-state index contributed by atoms with van der Waals surface area (Å²) in [4.78, 5) is 17.5. The van der Waals surface area contributed by atoms with Gasteiger partial charge in [0.15, 0.2) is 11.6 Å². The van der Waals surface area contributed by atoms with Crippen LogP contribution in [0.4, 0.5) is 5.69 Å².